The van der Waals surface area contributed by atoms with E-state index >= 15 is 0 Å². The molecule has 0 spiro atoms. The maximum absolute atomic E-state index is 13.7. The molecule has 0 fully saturated rings. The normalized spacial score (nSPS) is 11.7. The van der Waals surface area contributed by atoms with Gasteiger partial charge in [0.05, 0.1) is 0 Å². The molecule has 114 valence electrons. The number of nitrogens with two attached hydrogens (primary N) is 1. The van der Waals surface area contributed by atoms with E-state index in [1.54, 1.807) is 0 Å². The molecule has 1 heterocycles. The number of amides is 1. The Morgan fingerprint density at radius 1 is 1.23 bits per heavy atom. The number of hydrogen-bond donors (Lipinski definition) is 3. The Balaban J connectivity index is 2.34. The fraction of sp³-hybridized carbons (Fsp3) is 0.0769. The van der Waals surface area contributed by atoms with Gasteiger partial charge < -0.3 is 16.2 Å². The molecule has 7 nitrogen and oxygen atoms in total. The number of aliphatic carboxylic acids is 1. The van der Waals surface area contributed by atoms with Crippen molar-refractivity contribution in [3.8, 4) is 0 Å². The minimum Gasteiger partial charge on any atom is -0.479 e. The number of nitrogens with one attached hydrogen (secondary N) is 1. The Morgan fingerprint density at radius 2 is 1.91 bits per heavy atom. The van der Waals surface area contributed by atoms with Crippen molar-refractivity contribution < 1.29 is 23.5 Å². The largest absolute Gasteiger partial charge is 0.479 e. The third-order valence-corrected chi connectivity index (χ3v) is 2.73. The first kappa shape index (κ1) is 15.3. The number of nitrogens with zero attached hydrogens (tertiary/aromatic N) is 2. The number of carboxylic acid groups (broad SMARTS) is 1. The van der Waals surface area contributed by atoms with Crippen molar-refractivity contribution in [3.63, 3.8) is 0 Å². The number of carbonyl (C=O) groups excluding carboxylic acids is 1. The number of hydrogen-bond acceptors (Lipinski definition) is 5. The number of nitrogen functional groups attached to an aromatic ring is 1. The molecule has 0 aliphatic carbocycles. The number of anilines is 1. The highest BCUT2D eigenvalue weighted by molar-refractivity contribution is 5.98. The van der Waals surface area contributed by atoms with Crippen molar-refractivity contribution in [1.82, 2.24) is 15.3 Å². The van der Waals surface area contributed by atoms with Crippen molar-refractivity contribution in [2.45, 2.75) is 6.04 Å². The summed E-state index contributed by atoms with van der Waals surface area (Å²) < 4.78 is 26.9. The van der Waals surface area contributed by atoms with E-state index in [1.807, 2.05) is 5.32 Å². The SMILES string of the molecule is Nc1nccnc1C(=O)NC(C(=O)O)c1cc(F)ccc1F. The molecule has 22 heavy (non-hydrogen) atoms. The average Bonchev–Trinajstić information content (AvgIpc) is 2.47. The summed E-state index contributed by atoms with van der Waals surface area (Å²) in [5, 5.41) is 11.2. The molecule has 0 radical (unpaired) electrons. The molecule has 0 saturated carbocycles. The summed E-state index contributed by atoms with van der Waals surface area (Å²) in [7, 11) is 0. The summed E-state index contributed by atoms with van der Waals surface area (Å²) in [6.45, 7) is 0. The minimum atomic E-state index is -1.80. The molecule has 1 atom stereocenters. The van der Waals surface area contributed by atoms with Crippen molar-refractivity contribution >= 4 is 17.7 Å². The maximum atomic E-state index is 13.7. The zero-order chi connectivity index (χ0) is 16.3. The van der Waals surface area contributed by atoms with Gasteiger partial charge in [0.1, 0.15) is 11.6 Å². The van der Waals surface area contributed by atoms with Gasteiger partial charge in [-0.1, -0.05) is 0 Å². The number of halogens is 2. The van der Waals surface area contributed by atoms with E-state index in [9.17, 15) is 18.4 Å². The lowest BCUT2D eigenvalue weighted by atomic mass is 10.1. The summed E-state index contributed by atoms with van der Waals surface area (Å²) in [6, 6.07) is 0.488. The van der Waals surface area contributed by atoms with Crippen molar-refractivity contribution in [2.75, 3.05) is 5.73 Å². The third kappa shape index (κ3) is 3.14. The molecule has 0 bridgehead atoms. The van der Waals surface area contributed by atoms with Gasteiger partial charge in [0.15, 0.2) is 17.6 Å². The van der Waals surface area contributed by atoms with Crippen LogP contribution in [0.3, 0.4) is 0 Å². The number of benzene rings is 1. The minimum absolute atomic E-state index is 0.219. The summed E-state index contributed by atoms with van der Waals surface area (Å²) in [5.74, 6) is -4.57. The molecule has 4 N–H and O–H groups in total. The van der Waals surface area contributed by atoms with Gasteiger partial charge in [-0.05, 0) is 18.2 Å². The first-order valence-corrected chi connectivity index (χ1v) is 5.95. The van der Waals surface area contributed by atoms with Crippen LogP contribution in [-0.4, -0.2) is 27.0 Å². The Hall–Kier alpha value is -3.10. The zero-order valence-electron chi connectivity index (χ0n) is 11.0. The highest BCUT2D eigenvalue weighted by Crippen LogP contribution is 2.19. The molecule has 2 aromatic rings. The lowest BCUT2D eigenvalue weighted by Gasteiger charge is -2.15. The van der Waals surface area contributed by atoms with E-state index in [0.717, 1.165) is 12.1 Å². The number of aromatic nitrogens is 2. The number of carboxylic acids is 1. The van der Waals surface area contributed by atoms with Crippen LogP contribution in [0.5, 0.6) is 0 Å². The Labute approximate surface area is 122 Å². The van der Waals surface area contributed by atoms with Crippen LogP contribution in [0.2, 0.25) is 0 Å². The van der Waals surface area contributed by atoms with E-state index in [4.69, 9.17) is 10.8 Å². The van der Waals surface area contributed by atoms with Gasteiger partial charge in [-0.25, -0.2) is 23.5 Å². The smallest absolute Gasteiger partial charge is 0.331 e. The Kier molecular flexibility index (Phi) is 4.25. The monoisotopic (exact) mass is 308 g/mol. The molecule has 2 rings (SSSR count). The predicted octanol–water partition coefficient (Wildman–Crippen LogP) is 0.893. The molecule has 1 amide bonds. The second kappa shape index (κ2) is 6.12. The van der Waals surface area contributed by atoms with E-state index in [0.29, 0.717) is 6.07 Å². The summed E-state index contributed by atoms with van der Waals surface area (Å²) in [6.07, 6.45) is 2.43. The fourth-order valence-electron chi connectivity index (χ4n) is 1.73. The van der Waals surface area contributed by atoms with Crippen molar-refractivity contribution in [3.05, 3.63) is 53.5 Å². The summed E-state index contributed by atoms with van der Waals surface area (Å²) in [4.78, 5) is 30.5. The van der Waals surface area contributed by atoms with Crippen LogP contribution in [-0.2, 0) is 4.79 Å². The molecule has 0 aliphatic heterocycles. The van der Waals surface area contributed by atoms with Gasteiger partial charge in [-0.2, -0.15) is 0 Å². The molecule has 1 unspecified atom stereocenters. The first-order valence-electron chi connectivity index (χ1n) is 5.95. The highest BCUT2D eigenvalue weighted by Gasteiger charge is 2.27. The maximum Gasteiger partial charge on any atom is 0.331 e. The van der Waals surface area contributed by atoms with Gasteiger partial charge >= 0.3 is 5.97 Å². The lowest BCUT2D eigenvalue weighted by Crippen LogP contribution is -2.35. The van der Waals surface area contributed by atoms with E-state index in [2.05, 4.69) is 9.97 Å². The molecule has 1 aromatic carbocycles. The molecular formula is C13H10F2N4O3. The number of carbonyl (C=O) groups is 2. The topological polar surface area (TPSA) is 118 Å². The quantitative estimate of drug-likeness (QED) is 0.772. The molecule has 0 saturated heterocycles. The van der Waals surface area contributed by atoms with Gasteiger partial charge in [-0.3, -0.25) is 4.79 Å². The summed E-state index contributed by atoms with van der Waals surface area (Å²) in [5.41, 5.74) is 4.61. The molecule has 0 aliphatic rings. The molecule has 9 heteroatoms. The van der Waals surface area contributed by atoms with Crippen molar-refractivity contribution in [1.29, 1.82) is 0 Å². The number of rotatable bonds is 4. The lowest BCUT2D eigenvalue weighted by molar-refractivity contribution is -0.139. The first-order chi connectivity index (χ1) is 10.4. The van der Waals surface area contributed by atoms with Gasteiger partial charge in [0.2, 0.25) is 0 Å². The Bertz CT molecular complexity index is 739. The van der Waals surface area contributed by atoms with Gasteiger partial charge in [0.25, 0.3) is 5.91 Å². The second-order valence-corrected chi connectivity index (χ2v) is 4.20. The van der Waals surface area contributed by atoms with Gasteiger partial charge in [0, 0.05) is 18.0 Å². The summed E-state index contributed by atoms with van der Waals surface area (Å²) >= 11 is 0. The van der Waals surface area contributed by atoms with Crippen LogP contribution in [0.15, 0.2) is 30.6 Å². The fourth-order valence-corrected chi connectivity index (χ4v) is 1.73. The van der Waals surface area contributed by atoms with Crippen LogP contribution in [0, 0.1) is 11.6 Å². The van der Waals surface area contributed by atoms with Crippen LogP contribution in [0.1, 0.15) is 22.1 Å². The average molecular weight is 308 g/mol. The highest BCUT2D eigenvalue weighted by atomic mass is 19.1. The van der Waals surface area contributed by atoms with Crippen LogP contribution in [0.4, 0.5) is 14.6 Å². The third-order valence-electron chi connectivity index (χ3n) is 2.73. The molecular weight excluding hydrogens is 298 g/mol. The van der Waals surface area contributed by atoms with Gasteiger partial charge in [-0.15, -0.1) is 0 Å². The Morgan fingerprint density at radius 3 is 2.55 bits per heavy atom. The van der Waals surface area contributed by atoms with E-state index in [-0.39, 0.29) is 11.5 Å². The second-order valence-electron chi connectivity index (χ2n) is 4.20. The standard InChI is InChI=1S/C13H10F2N4O3/c14-6-1-2-8(15)7(5-6)9(13(21)22)19-12(20)10-11(16)18-4-3-17-10/h1-5,9H,(H2,16,18)(H,19,20)(H,21,22). The van der Waals surface area contributed by atoms with Crippen LogP contribution in [0.25, 0.3) is 0 Å². The van der Waals surface area contributed by atoms with Crippen LogP contribution < -0.4 is 11.1 Å². The molecule has 1 aromatic heterocycles. The van der Waals surface area contributed by atoms with Crippen LogP contribution >= 0.6 is 0 Å². The van der Waals surface area contributed by atoms with Crippen molar-refractivity contribution in [2.24, 2.45) is 0 Å². The van der Waals surface area contributed by atoms with E-state index < -0.39 is 35.1 Å². The zero-order valence-corrected chi connectivity index (χ0v) is 11.0. The predicted molar refractivity (Wildman–Crippen MR) is 70.6 cm³/mol. The van der Waals surface area contributed by atoms with E-state index in [1.165, 1.54) is 12.4 Å².